The number of nitriles is 1. The minimum Gasteiger partial charge on any atom is -0.416 e. The summed E-state index contributed by atoms with van der Waals surface area (Å²) in [5.74, 6) is 0.507. The molecule has 1 aliphatic heterocycles. The Balaban J connectivity index is 1.41. The molecule has 5 rings (SSSR count). The summed E-state index contributed by atoms with van der Waals surface area (Å²) >= 11 is 0. The van der Waals surface area contributed by atoms with Gasteiger partial charge in [0.25, 0.3) is 0 Å². The van der Waals surface area contributed by atoms with Crippen molar-refractivity contribution >= 4 is 25.6 Å². The lowest BCUT2D eigenvalue weighted by Crippen LogP contribution is -2.45. The number of rotatable bonds is 10. The lowest BCUT2D eigenvalue weighted by atomic mass is 9.83. The van der Waals surface area contributed by atoms with Crippen molar-refractivity contribution in [1.29, 1.82) is 5.26 Å². The minimum atomic E-state index is -1.94. The summed E-state index contributed by atoms with van der Waals surface area (Å²) in [5, 5.41) is 20.7. The van der Waals surface area contributed by atoms with Gasteiger partial charge in [0.15, 0.2) is 8.32 Å². The van der Waals surface area contributed by atoms with E-state index in [2.05, 4.69) is 84.9 Å². The first kappa shape index (κ1) is 29.2. The predicted octanol–water partition coefficient (Wildman–Crippen LogP) is 6.46. The monoisotopic (exact) mass is 569 g/mol. The smallest absolute Gasteiger partial charge is 0.227 e. The maximum absolute atomic E-state index is 10.1. The molecule has 1 saturated carbocycles. The van der Waals surface area contributed by atoms with Gasteiger partial charge in [0.05, 0.1) is 28.3 Å². The van der Waals surface area contributed by atoms with Crippen LogP contribution in [-0.4, -0.2) is 49.0 Å². The number of fused-ring (bicyclic) bond motifs is 1. The zero-order chi connectivity index (χ0) is 29.4. The summed E-state index contributed by atoms with van der Waals surface area (Å²) in [5.41, 5.74) is 7.02. The molecule has 0 unspecified atom stereocenters. The third kappa shape index (κ3) is 6.45. The number of benzene rings is 1. The maximum atomic E-state index is 10.1. The van der Waals surface area contributed by atoms with Gasteiger partial charge in [0.2, 0.25) is 5.95 Å². The van der Waals surface area contributed by atoms with Gasteiger partial charge in [-0.2, -0.15) is 5.26 Å². The molecule has 41 heavy (non-hydrogen) atoms. The molecule has 1 fully saturated rings. The molecule has 1 aliphatic carbocycles. The second-order valence-corrected chi connectivity index (χ2v) is 18.2. The van der Waals surface area contributed by atoms with E-state index in [1.165, 1.54) is 12.8 Å². The standard InChI is InChI=1S/C32H43N7OSi/c1-21-14-28(27(36-18-21)11-12-34-24-8-9-24)39-30-35-13-10-26(38-30)22-15-23(17-33)29-25(16-22)32(5,19-37-29)20-40-41(6,7)31(2,3)4/h10,13-16,18,24,34,37H,8-9,11-12,19-20H2,1-7H3,(H,35,38,39)/t32-/m1/s1. The third-order valence-corrected chi connectivity index (χ3v) is 13.3. The first-order valence-corrected chi connectivity index (χ1v) is 17.6. The van der Waals surface area contributed by atoms with Crippen LogP contribution in [0, 0.1) is 18.3 Å². The van der Waals surface area contributed by atoms with E-state index < -0.39 is 8.32 Å². The van der Waals surface area contributed by atoms with Crippen LogP contribution in [0.15, 0.2) is 36.7 Å². The molecule has 3 heterocycles. The molecule has 216 valence electrons. The number of aromatic nitrogens is 3. The van der Waals surface area contributed by atoms with Gasteiger partial charge in [-0.05, 0) is 73.3 Å². The Bertz CT molecular complexity index is 1470. The molecule has 9 heteroatoms. The first-order valence-electron chi connectivity index (χ1n) is 14.6. The fraction of sp³-hybridized carbons (Fsp3) is 0.500. The van der Waals surface area contributed by atoms with Crippen LogP contribution < -0.4 is 16.0 Å². The molecule has 0 radical (unpaired) electrons. The van der Waals surface area contributed by atoms with Crippen molar-refractivity contribution in [3.8, 4) is 17.3 Å². The normalized spacial score (nSPS) is 18.5. The highest BCUT2D eigenvalue weighted by molar-refractivity contribution is 6.74. The third-order valence-electron chi connectivity index (χ3n) is 8.80. The van der Waals surface area contributed by atoms with Gasteiger partial charge < -0.3 is 20.4 Å². The first-order chi connectivity index (χ1) is 19.4. The molecular formula is C32H43N7OSi. The molecule has 2 aromatic heterocycles. The Morgan fingerprint density at radius 1 is 1.20 bits per heavy atom. The van der Waals surface area contributed by atoms with Crippen molar-refractivity contribution in [2.24, 2.45) is 0 Å². The Kier molecular flexibility index (Phi) is 7.94. The van der Waals surface area contributed by atoms with Crippen LogP contribution in [0.1, 0.15) is 62.9 Å². The van der Waals surface area contributed by atoms with Crippen LogP contribution in [0.2, 0.25) is 18.1 Å². The zero-order valence-electron chi connectivity index (χ0n) is 25.5. The van der Waals surface area contributed by atoms with Crippen molar-refractivity contribution < 1.29 is 4.43 Å². The molecule has 3 N–H and O–H groups in total. The summed E-state index contributed by atoms with van der Waals surface area (Å²) in [7, 11) is -1.94. The van der Waals surface area contributed by atoms with E-state index >= 15 is 0 Å². The van der Waals surface area contributed by atoms with E-state index in [9.17, 15) is 5.26 Å². The molecule has 3 aromatic rings. The van der Waals surface area contributed by atoms with Crippen LogP contribution in [0.25, 0.3) is 11.3 Å². The highest BCUT2D eigenvalue weighted by Crippen LogP contribution is 2.44. The summed E-state index contributed by atoms with van der Waals surface area (Å²) in [4.78, 5) is 14.1. The van der Waals surface area contributed by atoms with Crippen molar-refractivity contribution in [3.63, 3.8) is 0 Å². The van der Waals surface area contributed by atoms with E-state index in [-0.39, 0.29) is 10.5 Å². The topological polar surface area (TPSA) is 108 Å². The quantitative estimate of drug-likeness (QED) is 0.239. The fourth-order valence-corrected chi connectivity index (χ4v) is 6.01. The number of nitrogens with one attached hydrogen (secondary N) is 3. The number of hydrogen-bond acceptors (Lipinski definition) is 8. The fourth-order valence-electron chi connectivity index (χ4n) is 4.90. The van der Waals surface area contributed by atoms with Crippen LogP contribution >= 0.6 is 0 Å². The molecule has 8 nitrogen and oxygen atoms in total. The van der Waals surface area contributed by atoms with Gasteiger partial charge in [-0.1, -0.05) is 27.7 Å². The molecule has 0 bridgehead atoms. The van der Waals surface area contributed by atoms with Crippen LogP contribution in [0.5, 0.6) is 0 Å². The SMILES string of the molecule is Cc1cnc(CCNC2CC2)c(Nc2nccc(-c3cc(C#N)c4c(c3)[C@@](C)(CO[Si](C)(C)C(C)(C)C)CN4)n2)c1. The lowest BCUT2D eigenvalue weighted by molar-refractivity contribution is 0.220. The van der Waals surface area contributed by atoms with E-state index in [1.54, 1.807) is 6.20 Å². The van der Waals surface area contributed by atoms with Crippen LogP contribution in [-0.2, 0) is 16.3 Å². The van der Waals surface area contributed by atoms with Crippen LogP contribution in [0.3, 0.4) is 0 Å². The van der Waals surface area contributed by atoms with E-state index in [0.29, 0.717) is 24.2 Å². The van der Waals surface area contributed by atoms with Crippen LogP contribution in [0.4, 0.5) is 17.3 Å². The Morgan fingerprint density at radius 3 is 2.68 bits per heavy atom. The Hall–Kier alpha value is -3.32. The zero-order valence-corrected chi connectivity index (χ0v) is 26.5. The predicted molar refractivity (Wildman–Crippen MR) is 168 cm³/mol. The highest BCUT2D eigenvalue weighted by atomic mass is 28.4. The molecule has 2 aliphatic rings. The van der Waals surface area contributed by atoms with Crippen molar-refractivity contribution in [1.82, 2.24) is 20.3 Å². The summed E-state index contributed by atoms with van der Waals surface area (Å²) in [6, 6.07) is 11.1. The Morgan fingerprint density at radius 2 is 1.98 bits per heavy atom. The molecule has 1 aromatic carbocycles. The largest absolute Gasteiger partial charge is 0.416 e. The second-order valence-electron chi connectivity index (χ2n) is 13.4. The molecule has 0 saturated heterocycles. The van der Waals surface area contributed by atoms with E-state index in [1.807, 2.05) is 25.3 Å². The van der Waals surface area contributed by atoms with Gasteiger partial charge >= 0.3 is 0 Å². The summed E-state index contributed by atoms with van der Waals surface area (Å²) < 4.78 is 6.68. The van der Waals surface area contributed by atoms with Gasteiger partial charge in [-0.25, -0.2) is 9.97 Å². The summed E-state index contributed by atoms with van der Waals surface area (Å²) in [6.45, 7) is 17.8. The maximum Gasteiger partial charge on any atom is 0.227 e. The molecule has 0 spiro atoms. The molecule has 0 amide bonds. The highest BCUT2D eigenvalue weighted by Gasteiger charge is 2.42. The number of hydrogen-bond donors (Lipinski definition) is 3. The van der Waals surface area contributed by atoms with E-state index in [0.717, 1.165) is 59.0 Å². The molecule has 1 atom stereocenters. The number of nitrogens with zero attached hydrogens (tertiary/aromatic N) is 4. The van der Waals surface area contributed by atoms with Gasteiger partial charge in [0.1, 0.15) is 6.07 Å². The molecular weight excluding hydrogens is 526 g/mol. The van der Waals surface area contributed by atoms with Crippen molar-refractivity contribution in [2.75, 3.05) is 30.3 Å². The van der Waals surface area contributed by atoms with E-state index in [4.69, 9.17) is 9.41 Å². The number of anilines is 3. The van der Waals surface area contributed by atoms with Gasteiger partial charge in [-0.3, -0.25) is 4.98 Å². The van der Waals surface area contributed by atoms with Crippen molar-refractivity contribution in [3.05, 3.63) is 59.0 Å². The average molecular weight is 570 g/mol. The average Bonchev–Trinajstić information content (AvgIpc) is 3.69. The Labute approximate surface area is 245 Å². The van der Waals surface area contributed by atoms with Crippen molar-refractivity contribution in [2.45, 2.75) is 83.5 Å². The number of pyridine rings is 1. The number of aryl methyl sites for hydroxylation is 1. The second kappa shape index (κ2) is 11.2. The minimum absolute atomic E-state index is 0.128. The lowest BCUT2D eigenvalue weighted by Gasteiger charge is -2.39. The van der Waals surface area contributed by atoms with Gasteiger partial charge in [0, 0.05) is 55.5 Å². The van der Waals surface area contributed by atoms with Gasteiger partial charge in [-0.15, -0.1) is 0 Å². The summed E-state index contributed by atoms with van der Waals surface area (Å²) in [6.07, 6.45) is 7.03.